The minimum atomic E-state index is -0.741. The second kappa shape index (κ2) is 20.7. The molecule has 0 aliphatic rings. The number of aliphatic carboxylic acids is 1. The molecule has 4 nitrogen and oxygen atoms in total. The number of carbonyl (C=O) groups is 2. The predicted molar refractivity (Wildman–Crippen MR) is 117 cm³/mol. The molecule has 166 valence electrons. The Labute approximate surface area is 173 Å². The molecule has 0 heterocycles. The lowest BCUT2D eigenvalue weighted by Crippen LogP contribution is -2.14. The average Bonchev–Trinajstić information content (AvgIpc) is 2.67. The summed E-state index contributed by atoms with van der Waals surface area (Å²) in [5, 5.41) is 8.61. The van der Waals surface area contributed by atoms with E-state index in [1.807, 2.05) is 0 Å². The number of unbranched alkanes of at least 4 members (excludes halogenated alkanes) is 11. The SMILES string of the molecule is CCCCCCCCC(CCCCCC)COC(=O)CCCCCCC(=O)O. The lowest BCUT2D eigenvalue weighted by Gasteiger charge is -2.17. The Bertz CT molecular complexity index is 368. The van der Waals surface area contributed by atoms with Gasteiger partial charge in [-0.25, -0.2) is 0 Å². The van der Waals surface area contributed by atoms with Crippen LogP contribution in [0.5, 0.6) is 0 Å². The normalized spacial score (nSPS) is 12.1. The molecule has 4 heteroatoms. The molecule has 0 saturated carbocycles. The predicted octanol–water partition coefficient (Wildman–Crippen LogP) is 7.29. The van der Waals surface area contributed by atoms with Crippen molar-refractivity contribution in [2.45, 2.75) is 129 Å². The Kier molecular flexibility index (Phi) is 19.9. The van der Waals surface area contributed by atoms with Gasteiger partial charge in [-0.05, 0) is 31.6 Å². The van der Waals surface area contributed by atoms with Crippen LogP contribution in [0.3, 0.4) is 0 Å². The number of carbonyl (C=O) groups excluding carboxylic acids is 1. The van der Waals surface area contributed by atoms with Crippen LogP contribution in [0, 0.1) is 5.92 Å². The highest BCUT2D eigenvalue weighted by Crippen LogP contribution is 2.20. The standard InChI is InChI=1S/C24H46O4/c1-3-5-7-9-10-14-18-22(17-13-8-6-4-2)21-28-24(27)20-16-12-11-15-19-23(25)26/h22H,3-21H2,1-2H3,(H,25,26). The quantitative estimate of drug-likeness (QED) is 0.163. The zero-order chi connectivity index (χ0) is 20.9. The third-order valence-electron chi connectivity index (χ3n) is 5.43. The van der Waals surface area contributed by atoms with Crippen LogP contribution in [0.2, 0.25) is 0 Å². The van der Waals surface area contributed by atoms with Gasteiger partial charge in [0.05, 0.1) is 6.61 Å². The van der Waals surface area contributed by atoms with E-state index in [2.05, 4.69) is 13.8 Å². The highest BCUT2D eigenvalue weighted by Gasteiger charge is 2.12. The maximum absolute atomic E-state index is 12.0. The van der Waals surface area contributed by atoms with Crippen LogP contribution in [0.4, 0.5) is 0 Å². The molecule has 0 saturated heterocycles. The molecule has 1 unspecified atom stereocenters. The van der Waals surface area contributed by atoms with Crippen LogP contribution in [-0.2, 0) is 14.3 Å². The van der Waals surface area contributed by atoms with E-state index in [-0.39, 0.29) is 12.4 Å². The van der Waals surface area contributed by atoms with Gasteiger partial charge < -0.3 is 9.84 Å². The third kappa shape index (κ3) is 19.7. The summed E-state index contributed by atoms with van der Waals surface area (Å²) in [6, 6.07) is 0. The van der Waals surface area contributed by atoms with Gasteiger partial charge in [-0.3, -0.25) is 9.59 Å². The fourth-order valence-electron chi connectivity index (χ4n) is 3.57. The van der Waals surface area contributed by atoms with Gasteiger partial charge in [0.15, 0.2) is 0 Å². The highest BCUT2D eigenvalue weighted by molar-refractivity contribution is 5.69. The van der Waals surface area contributed by atoms with Crippen molar-refractivity contribution in [1.82, 2.24) is 0 Å². The first kappa shape index (κ1) is 26.9. The van der Waals surface area contributed by atoms with Crippen molar-refractivity contribution in [1.29, 1.82) is 0 Å². The zero-order valence-electron chi connectivity index (χ0n) is 18.7. The van der Waals surface area contributed by atoms with E-state index < -0.39 is 5.97 Å². The van der Waals surface area contributed by atoms with Gasteiger partial charge in [-0.1, -0.05) is 90.9 Å². The van der Waals surface area contributed by atoms with Crippen molar-refractivity contribution < 1.29 is 19.4 Å². The Morgan fingerprint density at radius 1 is 0.679 bits per heavy atom. The molecule has 0 amide bonds. The lowest BCUT2D eigenvalue weighted by atomic mass is 9.95. The van der Waals surface area contributed by atoms with E-state index >= 15 is 0 Å². The lowest BCUT2D eigenvalue weighted by molar-refractivity contribution is -0.145. The zero-order valence-corrected chi connectivity index (χ0v) is 18.7. The molecule has 0 aliphatic carbocycles. The van der Waals surface area contributed by atoms with Crippen LogP contribution in [0.1, 0.15) is 129 Å². The average molecular weight is 399 g/mol. The Morgan fingerprint density at radius 2 is 1.14 bits per heavy atom. The minimum absolute atomic E-state index is 0.0836. The molecule has 0 aliphatic heterocycles. The first-order valence-electron chi connectivity index (χ1n) is 12.0. The minimum Gasteiger partial charge on any atom is -0.481 e. The summed E-state index contributed by atoms with van der Waals surface area (Å²) < 4.78 is 5.57. The fraction of sp³-hybridized carbons (Fsp3) is 0.917. The van der Waals surface area contributed by atoms with Gasteiger partial charge in [0.25, 0.3) is 0 Å². The smallest absolute Gasteiger partial charge is 0.305 e. The molecule has 0 aromatic rings. The molecule has 0 aromatic heterocycles. The number of hydrogen-bond acceptors (Lipinski definition) is 3. The van der Waals surface area contributed by atoms with Crippen molar-refractivity contribution >= 4 is 11.9 Å². The Morgan fingerprint density at radius 3 is 1.71 bits per heavy atom. The van der Waals surface area contributed by atoms with Crippen LogP contribution < -0.4 is 0 Å². The number of hydrogen-bond donors (Lipinski definition) is 1. The highest BCUT2D eigenvalue weighted by atomic mass is 16.5. The number of carboxylic acids is 1. The van der Waals surface area contributed by atoms with Gasteiger partial charge in [0.1, 0.15) is 0 Å². The monoisotopic (exact) mass is 398 g/mol. The van der Waals surface area contributed by atoms with Crippen LogP contribution in [-0.4, -0.2) is 23.7 Å². The molecule has 0 aromatic carbocycles. The van der Waals surface area contributed by atoms with Gasteiger partial charge in [-0.15, -0.1) is 0 Å². The van der Waals surface area contributed by atoms with Crippen molar-refractivity contribution in [3.05, 3.63) is 0 Å². The molecule has 0 radical (unpaired) electrons. The molecular formula is C24H46O4. The number of rotatable bonds is 21. The van der Waals surface area contributed by atoms with E-state index in [1.165, 1.54) is 77.0 Å². The van der Waals surface area contributed by atoms with Crippen molar-refractivity contribution in [2.24, 2.45) is 5.92 Å². The van der Waals surface area contributed by atoms with E-state index in [0.717, 1.165) is 19.3 Å². The molecule has 28 heavy (non-hydrogen) atoms. The van der Waals surface area contributed by atoms with E-state index in [1.54, 1.807) is 0 Å². The molecule has 0 fully saturated rings. The first-order chi connectivity index (χ1) is 13.6. The molecule has 1 atom stereocenters. The van der Waals surface area contributed by atoms with E-state index in [4.69, 9.17) is 9.84 Å². The van der Waals surface area contributed by atoms with Crippen molar-refractivity contribution in [3.63, 3.8) is 0 Å². The topological polar surface area (TPSA) is 63.6 Å². The Balaban J connectivity index is 3.92. The van der Waals surface area contributed by atoms with E-state index in [0.29, 0.717) is 25.4 Å². The van der Waals surface area contributed by atoms with Crippen molar-refractivity contribution in [3.8, 4) is 0 Å². The van der Waals surface area contributed by atoms with Crippen molar-refractivity contribution in [2.75, 3.05) is 6.61 Å². The number of carboxylic acid groups (broad SMARTS) is 1. The summed E-state index contributed by atoms with van der Waals surface area (Å²) in [4.78, 5) is 22.5. The molecule has 0 rings (SSSR count). The number of ether oxygens (including phenoxy) is 1. The molecule has 0 spiro atoms. The molecule has 0 bridgehead atoms. The van der Waals surface area contributed by atoms with Crippen LogP contribution in [0.15, 0.2) is 0 Å². The fourth-order valence-corrected chi connectivity index (χ4v) is 3.57. The largest absolute Gasteiger partial charge is 0.481 e. The molecular weight excluding hydrogens is 352 g/mol. The van der Waals surface area contributed by atoms with Gasteiger partial charge in [0, 0.05) is 12.8 Å². The summed E-state index contributed by atoms with van der Waals surface area (Å²) in [6.45, 7) is 5.06. The van der Waals surface area contributed by atoms with Gasteiger partial charge >= 0.3 is 11.9 Å². The summed E-state index contributed by atoms with van der Waals surface area (Å²) >= 11 is 0. The summed E-state index contributed by atoms with van der Waals surface area (Å²) in [7, 11) is 0. The Hall–Kier alpha value is -1.06. The second-order valence-electron chi connectivity index (χ2n) is 8.26. The summed E-state index contributed by atoms with van der Waals surface area (Å²) in [5.41, 5.74) is 0. The van der Waals surface area contributed by atoms with Crippen LogP contribution >= 0.6 is 0 Å². The molecule has 1 N–H and O–H groups in total. The maximum Gasteiger partial charge on any atom is 0.305 e. The van der Waals surface area contributed by atoms with Gasteiger partial charge in [0.2, 0.25) is 0 Å². The van der Waals surface area contributed by atoms with Gasteiger partial charge in [-0.2, -0.15) is 0 Å². The number of esters is 1. The first-order valence-corrected chi connectivity index (χ1v) is 12.0. The second-order valence-corrected chi connectivity index (χ2v) is 8.26. The van der Waals surface area contributed by atoms with E-state index in [9.17, 15) is 9.59 Å². The summed E-state index contributed by atoms with van der Waals surface area (Å²) in [6.07, 6.45) is 19.3. The maximum atomic E-state index is 12.0. The third-order valence-corrected chi connectivity index (χ3v) is 5.43. The summed E-state index contributed by atoms with van der Waals surface area (Å²) in [5.74, 6) is -0.308. The van der Waals surface area contributed by atoms with Crippen LogP contribution in [0.25, 0.3) is 0 Å².